The largest absolute Gasteiger partial charge is 0.381 e. The number of hydrogen-bond donors (Lipinski definition) is 1. The van der Waals surface area contributed by atoms with Gasteiger partial charge in [0, 0.05) is 18.4 Å². The Kier molecular flexibility index (Phi) is 4.10. The molecule has 0 bridgehead atoms. The first kappa shape index (κ1) is 13.4. The van der Waals surface area contributed by atoms with E-state index in [4.69, 9.17) is 10.5 Å². The van der Waals surface area contributed by atoms with Crippen LogP contribution in [0.5, 0.6) is 0 Å². The van der Waals surface area contributed by atoms with Crippen molar-refractivity contribution < 1.29 is 4.74 Å². The highest BCUT2D eigenvalue weighted by molar-refractivity contribution is 7.99. The van der Waals surface area contributed by atoms with Crippen LogP contribution in [0.15, 0.2) is 5.16 Å². The van der Waals surface area contributed by atoms with Crippen LogP contribution < -0.4 is 5.73 Å². The molecule has 3 rings (SSSR count). The summed E-state index contributed by atoms with van der Waals surface area (Å²) >= 11 is 1.87. The van der Waals surface area contributed by atoms with Crippen LogP contribution in [0.4, 0.5) is 0 Å². The molecule has 5 nitrogen and oxygen atoms in total. The summed E-state index contributed by atoms with van der Waals surface area (Å²) in [5, 5.41) is 10.2. The first-order chi connectivity index (χ1) is 9.31. The summed E-state index contributed by atoms with van der Waals surface area (Å²) in [6.45, 7) is 0.482. The average molecular weight is 282 g/mol. The highest BCUT2D eigenvalue weighted by atomic mass is 32.2. The Labute approximate surface area is 118 Å². The summed E-state index contributed by atoms with van der Waals surface area (Å²) in [5.74, 6) is 0.934. The maximum absolute atomic E-state index is 5.75. The Balaban J connectivity index is 1.70. The maximum atomic E-state index is 5.75. The predicted octanol–water partition coefficient (Wildman–Crippen LogP) is 2.12. The molecule has 0 aromatic carbocycles. The molecule has 1 aromatic rings. The van der Waals surface area contributed by atoms with Gasteiger partial charge in [-0.25, -0.2) is 0 Å². The lowest BCUT2D eigenvalue weighted by Gasteiger charge is -2.27. The quantitative estimate of drug-likeness (QED) is 0.896. The third-order valence-electron chi connectivity index (χ3n) is 4.01. The minimum Gasteiger partial charge on any atom is -0.381 e. The van der Waals surface area contributed by atoms with Crippen molar-refractivity contribution >= 4 is 11.8 Å². The van der Waals surface area contributed by atoms with Gasteiger partial charge in [0.15, 0.2) is 5.16 Å². The van der Waals surface area contributed by atoms with Crippen LogP contribution in [-0.4, -0.2) is 33.2 Å². The molecule has 0 aliphatic heterocycles. The molecule has 2 N–H and O–H groups in total. The van der Waals surface area contributed by atoms with Crippen LogP contribution in [0.25, 0.3) is 0 Å². The van der Waals surface area contributed by atoms with E-state index in [-0.39, 0.29) is 0 Å². The zero-order chi connectivity index (χ0) is 13.2. The Hall–Kier alpha value is -0.590. The number of thioether (sulfide) groups is 1. The van der Waals surface area contributed by atoms with Crippen LogP contribution in [0, 0.1) is 0 Å². The second-order valence-corrected chi connectivity index (χ2v) is 6.74. The van der Waals surface area contributed by atoms with Gasteiger partial charge in [0.1, 0.15) is 5.82 Å². The zero-order valence-electron chi connectivity index (χ0n) is 11.4. The van der Waals surface area contributed by atoms with E-state index in [0.29, 0.717) is 23.9 Å². The normalized spacial score (nSPS) is 27.7. The van der Waals surface area contributed by atoms with Crippen molar-refractivity contribution in [3.8, 4) is 0 Å². The van der Waals surface area contributed by atoms with Crippen LogP contribution >= 0.6 is 11.8 Å². The lowest BCUT2D eigenvalue weighted by molar-refractivity contribution is 0.0730. The van der Waals surface area contributed by atoms with E-state index in [0.717, 1.165) is 17.4 Å². The molecule has 0 spiro atoms. The van der Waals surface area contributed by atoms with Crippen molar-refractivity contribution in [2.24, 2.45) is 5.73 Å². The van der Waals surface area contributed by atoms with Crippen LogP contribution in [0.1, 0.15) is 50.4 Å². The summed E-state index contributed by atoms with van der Waals surface area (Å²) in [4.78, 5) is 0. The van der Waals surface area contributed by atoms with Crippen molar-refractivity contribution in [1.29, 1.82) is 0 Å². The molecule has 1 aromatic heterocycles. The molecule has 19 heavy (non-hydrogen) atoms. The van der Waals surface area contributed by atoms with E-state index in [1.807, 2.05) is 18.9 Å². The molecule has 2 aliphatic rings. The number of methoxy groups -OCH3 is 1. The van der Waals surface area contributed by atoms with E-state index < -0.39 is 0 Å². The van der Waals surface area contributed by atoms with Crippen LogP contribution in [-0.2, 0) is 11.3 Å². The molecule has 0 saturated heterocycles. The SMILES string of the molecule is COC1CCCC(Sc2nnc(CN)n2C2CC2)C1. The van der Waals surface area contributed by atoms with Gasteiger partial charge < -0.3 is 15.0 Å². The van der Waals surface area contributed by atoms with Crippen molar-refractivity contribution in [3.63, 3.8) is 0 Å². The monoisotopic (exact) mass is 282 g/mol. The first-order valence-corrected chi connectivity index (χ1v) is 8.03. The fourth-order valence-electron chi connectivity index (χ4n) is 2.80. The van der Waals surface area contributed by atoms with Crippen molar-refractivity contribution in [2.75, 3.05) is 7.11 Å². The van der Waals surface area contributed by atoms with Gasteiger partial charge in [-0.05, 0) is 38.5 Å². The second kappa shape index (κ2) is 5.81. The zero-order valence-corrected chi connectivity index (χ0v) is 12.2. The Morgan fingerprint density at radius 1 is 1.32 bits per heavy atom. The Bertz CT molecular complexity index is 432. The van der Waals surface area contributed by atoms with Gasteiger partial charge >= 0.3 is 0 Å². The standard InChI is InChI=1S/C13H22N4OS/c1-18-10-3-2-4-11(7-10)19-13-16-15-12(8-14)17(13)9-5-6-9/h9-11H,2-8,14H2,1H3. The molecule has 2 atom stereocenters. The Morgan fingerprint density at radius 2 is 2.16 bits per heavy atom. The van der Waals surface area contributed by atoms with E-state index in [1.165, 1.54) is 32.1 Å². The lowest BCUT2D eigenvalue weighted by atomic mass is 9.97. The molecule has 2 fully saturated rings. The molecular weight excluding hydrogens is 260 g/mol. The Morgan fingerprint density at radius 3 is 2.84 bits per heavy atom. The fraction of sp³-hybridized carbons (Fsp3) is 0.846. The highest BCUT2D eigenvalue weighted by Gasteiger charge is 2.31. The summed E-state index contributed by atoms with van der Waals surface area (Å²) in [7, 11) is 1.82. The van der Waals surface area contributed by atoms with Gasteiger partial charge in [-0.1, -0.05) is 11.8 Å². The summed E-state index contributed by atoms with van der Waals surface area (Å²) in [5.41, 5.74) is 5.75. The van der Waals surface area contributed by atoms with Crippen LogP contribution in [0.3, 0.4) is 0 Å². The minimum atomic E-state index is 0.414. The van der Waals surface area contributed by atoms with Crippen molar-refractivity contribution in [1.82, 2.24) is 14.8 Å². The average Bonchev–Trinajstić information content (AvgIpc) is 3.21. The van der Waals surface area contributed by atoms with Gasteiger partial charge in [-0.3, -0.25) is 0 Å². The number of nitrogens with two attached hydrogens (primary N) is 1. The number of hydrogen-bond acceptors (Lipinski definition) is 5. The summed E-state index contributed by atoms with van der Waals surface area (Å²) < 4.78 is 7.76. The lowest BCUT2D eigenvalue weighted by Crippen LogP contribution is -2.23. The molecule has 106 valence electrons. The van der Waals surface area contributed by atoms with E-state index in [2.05, 4.69) is 14.8 Å². The summed E-state index contributed by atoms with van der Waals surface area (Å²) in [6, 6.07) is 0.595. The van der Waals surface area contributed by atoms with Crippen molar-refractivity contribution in [3.05, 3.63) is 5.82 Å². The number of aromatic nitrogens is 3. The molecule has 0 amide bonds. The number of nitrogens with zero attached hydrogens (tertiary/aromatic N) is 3. The van der Waals surface area contributed by atoms with E-state index in [9.17, 15) is 0 Å². The van der Waals surface area contributed by atoms with Crippen LogP contribution in [0.2, 0.25) is 0 Å². The predicted molar refractivity (Wildman–Crippen MR) is 75.1 cm³/mol. The third kappa shape index (κ3) is 2.95. The van der Waals surface area contributed by atoms with Crippen molar-refractivity contribution in [2.45, 2.75) is 67.6 Å². The fourth-order valence-corrected chi connectivity index (χ4v) is 4.15. The molecule has 2 aliphatic carbocycles. The topological polar surface area (TPSA) is 66.0 Å². The molecular formula is C13H22N4OS. The highest BCUT2D eigenvalue weighted by Crippen LogP contribution is 2.41. The van der Waals surface area contributed by atoms with Gasteiger partial charge in [-0.15, -0.1) is 10.2 Å². The third-order valence-corrected chi connectivity index (χ3v) is 5.26. The summed E-state index contributed by atoms with van der Waals surface area (Å²) in [6.07, 6.45) is 7.71. The van der Waals surface area contributed by atoms with E-state index in [1.54, 1.807) is 0 Å². The molecule has 6 heteroatoms. The maximum Gasteiger partial charge on any atom is 0.191 e. The van der Waals surface area contributed by atoms with Gasteiger partial charge in [0.05, 0.1) is 12.6 Å². The van der Waals surface area contributed by atoms with E-state index >= 15 is 0 Å². The number of ether oxygens (including phenoxy) is 1. The van der Waals surface area contributed by atoms with Gasteiger partial charge in [0.2, 0.25) is 0 Å². The molecule has 1 heterocycles. The molecule has 0 radical (unpaired) electrons. The molecule has 2 unspecified atom stereocenters. The van der Waals surface area contributed by atoms with Gasteiger partial charge in [-0.2, -0.15) is 0 Å². The first-order valence-electron chi connectivity index (χ1n) is 7.15. The minimum absolute atomic E-state index is 0.414. The second-order valence-electron chi connectivity index (χ2n) is 5.47. The smallest absolute Gasteiger partial charge is 0.191 e. The van der Waals surface area contributed by atoms with Gasteiger partial charge in [0.25, 0.3) is 0 Å². The number of rotatable bonds is 5. The molecule has 2 saturated carbocycles.